The van der Waals surface area contributed by atoms with E-state index in [9.17, 15) is 0 Å². The lowest BCUT2D eigenvalue weighted by Crippen LogP contribution is -1.92. The second-order valence-electron chi connectivity index (χ2n) is 12.5. The Kier molecular flexibility index (Phi) is 5.85. The summed E-state index contributed by atoms with van der Waals surface area (Å²) in [5.41, 5.74) is 7.58. The minimum atomic E-state index is 1.23. The van der Waals surface area contributed by atoms with Gasteiger partial charge in [-0.15, -0.1) is 11.3 Å². The molecule has 0 saturated carbocycles. The SMILES string of the molecule is c1cc(-c2ccc3sc4cc5ccccc5cc4c3c2)cc(-c2c3ccccc3c(-c3cccc4ccccc34)c3ccccc23)c1. The maximum absolute atomic E-state index is 2.39. The van der Waals surface area contributed by atoms with Crippen molar-refractivity contribution in [3.8, 4) is 33.4 Å². The monoisotopic (exact) mass is 612 g/mol. The average molecular weight is 613 g/mol. The van der Waals surface area contributed by atoms with Crippen LogP contribution in [0.5, 0.6) is 0 Å². The molecule has 0 amide bonds. The first kappa shape index (κ1) is 26.5. The molecule has 1 aromatic heterocycles. The van der Waals surface area contributed by atoms with E-state index in [4.69, 9.17) is 0 Å². The third-order valence-electron chi connectivity index (χ3n) is 9.81. The fourth-order valence-corrected chi connectivity index (χ4v) is 8.79. The summed E-state index contributed by atoms with van der Waals surface area (Å²) in [4.78, 5) is 0. The van der Waals surface area contributed by atoms with Gasteiger partial charge in [-0.3, -0.25) is 0 Å². The number of thiophene rings is 1. The Hall–Kier alpha value is -5.76. The number of hydrogen-bond acceptors (Lipinski definition) is 1. The van der Waals surface area contributed by atoms with Crippen molar-refractivity contribution in [2.75, 3.05) is 0 Å². The van der Waals surface area contributed by atoms with E-state index in [0.29, 0.717) is 0 Å². The van der Waals surface area contributed by atoms with E-state index in [1.807, 2.05) is 11.3 Å². The molecule has 0 aliphatic rings. The fourth-order valence-electron chi connectivity index (χ4n) is 7.67. The molecule has 0 unspecified atom stereocenters. The van der Waals surface area contributed by atoms with Crippen LogP contribution in [0.3, 0.4) is 0 Å². The first-order chi connectivity index (χ1) is 23.3. The van der Waals surface area contributed by atoms with Crippen LogP contribution >= 0.6 is 11.3 Å². The quantitative estimate of drug-likeness (QED) is 0.174. The first-order valence-electron chi connectivity index (χ1n) is 16.2. The highest BCUT2D eigenvalue weighted by molar-refractivity contribution is 7.25. The molecule has 47 heavy (non-hydrogen) atoms. The molecule has 218 valence electrons. The van der Waals surface area contributed by atoms with Crippen molar-refractivity contribution in [2.24, 2.45) is 0 Å². The standard InChI is InChI=1S/C46H28S/c1-2-13-32-28-44-42(26-31(32)12-1)41-27-33(23-24-43(41)47-44)30-15-9-16-34(25-30)45-37-18-5-7-20-39(37)46(40-21-8-6-19-38(40)45)36-22-10-14-29-11-3-4-17-35(29)36/h1-28H. The van der Waals surface area contributed by atoms with E-state index < -0.39 is 0 Å². The van der Waals surface area contributed by atoms with Crippen LogP contribution in [0.2, 0.25) is 0 Å². The van der Waals surface area contributed by atoms with Crippen LogP contribution in [0, 0.1) is 0 Å². The third kappa shape index (κ3) is 4.14. The normalized spacial score (nSPS) is 11.8. The van der Waals surface area contributed by atoms with Gasteiger partial charge in [-0.05, 0) is 107 Å². The molecule has 0 N–H and O–H groups in total. The number of hydrogen-bond donors (Lipinski definition) is 0. The number of rotatable bonds is 3. The van der Waals surface area contributed by atoms with Gasteiger partial charge in [0.2, 0.25) is 0 Å². The average Bonchev–Trinajstić information content (AvgIpc) is 3.49. The van der Waals surface area contributed by atoms with Gasteiger partial charge < -0.3 is 0 Å². The summed E-state index contributed by atoms with van der Waals surface area (Å²) in [6.45, 7) is 0. The predicted molar refractivity (Wildman–Crippen MR) is 206 cm³/mol. The molecule has 9 aromatic carbocycles. The summed E-state index contributed by atoms with van der Waals surface area (Å²) in [5, 5.41) is 12.9. The van der Waals surface area contributed by atoms with Gasteiger partial charge in [0, 0.05) is 20.2 Å². The smallest absolute Gasteiger partial charge is 0.0361 e. The van der Waals surface area contributed by atoms with Gasteiger partial charge in [0.25, 0.3) is 0 Å². The van der Waals surface area contributed by atoms with Gasteiger partial charge in [-0.1, -0.05) is 140 Å². The summed E-state index contributed by atoms with van der Waals surface area (Å²) in [6, 6.07) is 62.8. The third-order valence-corrected chi connectivity index (χ3v) is 10.9. The highest BCUT2D eigenvalue weighted by atomic mass is 32.1. The lowest BCUT2D eigenvalue weighted by molar-refractivity contribution is 1.63. The first-order valence-corrected chi connectivity index (χ1v) is 17.0. The molecule has 0 saturated heterocycles. The van der Waals surface area contributed by atoms with Crippen LogP contribution in [-0.2, 0) is 0 Å². The van der Waals surface area contributed by atoms with Crippen LogP contribution in [0.4, 0.5) is 0 Å². The van der Waals surface area contributed by atoms with Crippen molar-refractivity contribution >= 4 is 74.6 Å². The zero-order valence-electron chi connectivity index (χ0n) is 25.6. The minimum Gasteiger partial charge on any atom is -0.135 e. The van der Waals surface area contributed by atoms with Crippen molar-refractivity contribution in [3.63, 3.8) is 0 Å². The minimum absolute atomic E-state index is 1.23. The second-order valence-corrected chi connectivity index (χ2v) is 13.5. The molecule has 0 atom stereocenters. The summed E-state index contributed by atoms with van der Waals surface area (Å²) < 4.78 is 2.67. The largest absolute Gasteiger partial charge is 0.135 e. The van der Waals surface area contributed by atoms with Gasteiger partial charge in [-0.25, -0.2) is 0 Å². The second kappa shape index (κ2) is 10.4. The zero-order chi connectivity index (χ0) is 30.9. The molecule has 1 heterocycles. The Balaban J connectivity index is 1.20. The Labute approximate surface area is 276 Å². The van der Waals surface area contributed by atoms with Crippen LogP contribution in [0.25, 0.3) is 96.6 Å². The molecule has 10 rings (SSSR count). The summed E-state index contributed by atoms with van der Waals surface area (Å²) in [7, 11) is 0. The number of benzene rings is 9. The Morgan fingerprint density at radius 2 is 0.809 bits per heavy atom. The molecule has 0 radical (unpaired) electrons. The van der Waals surface area contributed by atoms with Gasteiger partial charge >= 0.3 is 0 Å². The molecule has 0 nitrogen and oxygen atoms in total. The molecule has 0 aliphatic carbocycles. The molecule has 0 fully saturated rings. The van der Waals surface area contributed by atoms with E-state index in [1.165, 1.54) is 96.6 Å². The van der Waals surface area contributed by atoms with Crippen molar-refractivity contribution in [1.29, 1.82) is 0 Å². The van der Waals surface area contributed by atoms with Gasteiger partial charge in [0.05, 0.1) is 0 Å². The predicted octanol–water partition coefficient (Wildman–Crippen LogP) is 13.7. The summed E-state index contributed by atoms with van der Waals surface area (Å²) in [6.07, 6.45) is 0. The van der Waals surface area contributed by atoms with E-state index in [1.54, 1.807) is 0 Å². The Bertz CT molecular complexity index is 2790. The van der Waals surface area contributed by atoms with Crippen LogP contribution in [-0.4, -0.2) is 0 Å². The molecular weight excluding hydrogens is 585 g/mol. The van der Waals surface area contributed by atoms with E-state index in [0.717, 1.165) is 0 Å². The summed E-state index contributed by atoms with van der Waals surface area (Å²) in [5.74, 6) is 0. The van der Waals surface area contributed by atoms with Crippen LogP contribution < -0.4 is 0 Å². The van der Waals surface area contributed by atoms with Crippen molar-refractivity contribution < 1.29 is 0 Å². The van der Waals surface area contributed by atoms with Crippen LogP contribution in [0.1, 0.15) is 0 Å². The van der Waals surface area contributed by atoms with Gasteiger partial charge in [-0.2, -0.15) is 0 Å². The lowest BCUT2D eigenvalue weighted by Gasteiger charge is -2.19. The van der Waals surface area contributed by atoms with Crippen molar-refractivity contribution in [1.82, 2.24) is 0 Å². The Morgan fingerprint density at radius 1 is 0.277 bits per heavy atom. The highest BCUT2D eigenvalue weighted by Crippen LogP contribution is 2.46. The topological polar surface area (TPSA) is 0 Å². The van der Waals surface area contributed by atoms with Crippen LogP contribution in [0.15, 0.2) is 170 Å². The molecular formula is C46H28S. The fraction of sp³-hybridized carbons (Fsp3) is 0. The molecule has 0 aliphatic heterocycles. The van der Waals surface area contributed by atoms with Gasteiger partial charge in [0.1, 0.15) is 0 Å². The van der Waals surface area contributed by atoms with E-state index >= 15 is 0 Å². The van der Waals surface area contributed by atoms with Gasteiger partial charge in [0.15, 0.2) is 0 Å². The number of fused-ring (bicyclic) bond motifs is 7. The summed E-state index contributed by atoms with van der Waals surface area (Å²) >= 11 is 1.88. The van der Waals surface area contributed by atoms with Crippen molar-refractivity contribution in [3.05, 3.63) is 170 Å². The van der Waals surface area contributed by atoms with Crippen molar-refractivity contribution in [2.45, 2.75) is 0 Å². The van der Waals surface area contributed by atoms with E-state index in [-0.39, 0.29) is 0 Å². The molecule has 0 bridgehead atoms. The highest BCUT2D eigenvalue weighted by Gasteiger charge is 2.18. The molecule has 1 heteroatoms. The van der Waals surface area contributed by atoms with E-state index in [2.05, 4.69) is 170 Å². The Morgan fingerprint density at radius 3 is 1.55 bits per heavy atom. The molecule has 0 spiro atoms. The lowest BCUT2D eigenvalue weighted by atomic mass is 9.84. The maximum atomic E-state index is 2.39. The zero-order valence-corrected chi connectivity index (χ0v) is 26.4. The maximum Gasteiger partial charge on any atom is 0.0361 e. The molecule has 10 aromatic rings.